The molecule has 1 heterocycles. The lowest BCUT2D eigenvalue weighted by Gasteiger charge is -2.28. The topological polar surface area (TPSA) is 99.5 Å². The first-order chi connectivity index (χ1) is 18.5. The van der Waals surface area contributed by atoms with E-state index < -0.39 is 17.7 Å². The summed E-state index contributed by atoms with van der Waals surface area (Å²) in [5.74, 6) is -0.737. The van der Waals surface area contributed by atoms with Gasteiger partial charge in [-0.3, -0.25) is 9.59 Å². The molecule has 3 rings (SSSR count). The molecule has 0 saturated carbocycles. The minimum absolute atomic E-state index is 0.0108. The molecule has 2 aromatic carbocycles. The molecular weight excluding hydrogens is 496 g/mol. The minimum Gasteiger partial charge on any atom is -0.507 e. The lowest BCUT2D eigenvalue weighted by Crippen LogP contribution is -2.38. The number of benzene rings is 2. The number of aliphatic hydroxyl groups is 1. The van der Waals surface area contributed by atoms with Crippen LogP contribution in [0.5, 0.6) is 17.2 Å². The highest BCUT2D eigenvalue weighted by Crippen LogP contribution is 2.43. The molecule has 8 nitrogen and oxygen atoms in total. The second-order valence-corrected chi connectivity index (χ2v) is 10.6. The van der Waals surface area contributed by atoms with Gasteiger partial charge in [0.05, 0.1) is 24.8 Å². The summed E-state index contributed by atoms with van der Waals surface area (Å²) in [5.41, 5.74) is 1.60. The van der Waals surface area contributed by atoms with Crippen LogP contribution in [-0.4, -0.2) is 71.1 Å². The van der Waals surface area contributed by atoms with Gasteiger partial charge < -0.3 is 29.5 Å². The molecule has 1 aliphatic heterocycles. The Morgan fingerprint density at radius 1 is 0.949 bits per heavy atom. The molecular formula is C31H42N2O6. The Morgan fingerprint density at radius 2 is 1.59 bits per heavy atom. The number of carbonyl (C=O) groups is 2. The van der Waals surface area contributed by atoms with E-state index in [0.717, 1.165) is 18.7 Å². The molecule has 1 saturated heterocycles. The van der Waals surface area contributed by atoms with E-state index in [4.69, 9.17) is 9.47 Å². The molecule has 1 aliphatic rings. The van der Waals surface area contributed by atoms with Crippen molar-refractivity contribution in [2.75, 3.05) is 39.4 Å². The zero-order valence-electron chi connectivity index (χ0n) is 24.2. The van der Waals surface area contributed by atoms with Crippen molar-refractivity contribution in [2.24, 2.45) is 0 Å². The first-order valence-electron chi connectivity index (χ1n) is 13.7. The number of likely N-dealkylation sites (N-methyl/N-ethyl adjacent to an activating group) is 1. The van der Waals surface area contributed by atoms with E-state index in [9.17, 15) is 19.8 Å². The predicted octanol–water partition coefficient (Wildman–Crippen LogP) is 5.25. The van der Waals surface area contributed by atoms with E-state index in [0.29, 0.717) is 43.2 Å². The molecule has 1 fully saturated rings. The van der Waals surface area contributed by atoms with Crippen LogP contribution in [0.15, 0.2) is 42.0 Å². The molecule has 0 spiro atoms. The quantitative estimate of drug-likeness (QED) is 0.229. The van der Waals surface area contributed by atoms with Gasteiger partial charge in [0.15, 0.2) is 11.5 Å². The molecule has 0 bridgehead atoms. The van der Waals surface area contributed by atoms with Crippen LogP contribution in [0.25, 0.3) is 5.76 Å². The van der Waals surface area contributed by atoms with Gasteiger partial charge >= 0.3 is 0 Å². The molecule has 1 atom stereocenters. The number of likely N-dealkylation sites (tertiary alicyclic amines) is 1. The number of nitrogens with zero attached hydrogens (tertiary/aromatic N) is 2. The van der Waals surface area contributed by atoms with Crippen molar-refractivity contribution in [1.82, 2.24) is 9.80 Å². The van der Waals surface area contributed by atoms with Crippen LogP contribution in [0.4, 0.5) is 0 Å². The summed E-state index contributed by atoms with van der Waals surface area (Å²) in [5, 5.41) is 21.9. The highest BCUT2D eigenvalue weighted by Gasteiger charge is 2.46. The number of phenolic OH excluding ortho intramolecular Hbond substituents is 1. The lowest BCUT2D eigenvalue weighted by atomic mass is 9.84. The van der Waals surface area contributed by atoms with Crippen molar-refractivity contribution >= 4 is 17.4 Å². The largest absolute Gasteiger partial charge is 0.507 e. The fourth-order valence-electron chi connectivity index (χ4n) is 4.92. The van der Waals surface area contributed by atoms with Gasteiger partial charge in [-0.15, -0.1) is 0 Å². The van der Waals surface area contributed by atoms with Crippen molar-refractivity contribution in [3.8, 4) is 17.2 Å². The van der Waals surface area contributed by atoms with Gasteiger partial charge in [-0.25, -0.2) is 0 Å². The van der Waals surface area contributed by atoms with E-state index in [1.165, 1.54) is 11.0 Å². The Hall–Kier alpha value is -3.52. The molecule has 2 N–H and O–H groups in total. The van der Waals surface area contributed by atoms with Crippen LogP contribution in [0.1, 0.15) is 71.2 Å². The van der Waals surface area contributed by atoms with Crippen molar-refractivity contribution in [2.45, 2.75) is 59.9 Å². The fraction of sp³-hybridized carbons (Fsp3) is 0.484. The van der Waals surface area contributed by atoms with Gasteiger partial charge in [0.2, 0.25) is 0 Å². The summed E-state index contributed by atoms with van der Waals surface area (Å²) in [6, 6.07) is 9.25. The maximum atomic E-state index is 13.5. The van der Waals surface area contributed by atoms with Gasteiger partial charge in [-0.1, -0.05) is 40.7 Å². The molecule has 8 heteroatoms. The second kappa shape index (κ2) is 12.6. The van der Waals surface area contributed by atoms with Crippen LogP contribution in [0, 0.1) is 0 Å². The summed E-state index contributed by atoms with van der Waals surface area (Å²) >= 11 is 0. The summed E-state index contributed by atoms with van der Waals surface area (Å²) in [6.07, 6.45) is 0. The third-order valence-corrected chi connectivity index (χ3v) is 7.05. The van der Waals surface area contributed by atoms with Crippen LogP contribution in [-0.2, 0) is 15.0 Å². The zero-order chi connectivity index (χ0) is 28.9. The van der Waals surface area contributed by atoms with E-state index in [-0.39, 0.29) is 28.2 Å². The average molecular weight is 539 g/mol. The standard InChI is InChI=1S/C31H42N2O6/c1-8-32(9-2)16-17-33-27(20-12-14-23(34)25(19-20)39-11-4)26(29(36)30(33)37)28(35)21-13-15-24(38-10-3)22(18-21)31(5,6)7/h12-15,18-19,27,34-35H,8-11,16-17H2,1-7H3/b28-26+. The van der Waals surface area contributed by atoms with Crippen molar-refractivity contribution in [1.29, 1.82) is 0 Å². The van der Waals surface area contributed by atoms with Gasteiger partial charge in [0, 0.05) is 24.2 Å². The molecule has 0 aliphatic carbocycles. The highest BCUT2D eigenvalue weighted by molar-refractivity contribution is 6.46. The first-order valence-corrected chi connectivity index (χ1v) is 13.7. The van der Waals surface area contributed by atoms with Crippen molar-refractivity contribution < 1.29 is 29.3 Å². The lowest BCUT2D eigenvalue weighted by molar-refractivity contribution is -0.140. The summed E-state index contributed by atoms with van der Waals surface area (Å²) in [6.45, 7) is 17.3. The van der Waals surface area contributed by atoms with Crippen LogP contribution < -0.4 is 9.47 Å². The maximum Gasteiger partial charge on any atom is 0.295 e. The van der Waals surface area contributed by atoms with Crippen LogP contribution >= 0.6 is 0 Å². The monoisotopic (exact) mass is 538 g/mol. The van der Waals surface area contributed by atoms with Crippen molar-refractivity contribution in [3.05, 3.63) is 58.7 Å². The number of hydrogen-bond acceptors (Lipinski definition) is 7. The van der Waals surface area contributed by atoms with E-state index in [1.807, 2.05) is 47.6 Å². The number of aliphatic hydroxyl groups excluding tert-OH is 1. The highest BCUT2D eigenvalue weighted by atomic mass is 16.5. The Morgan fingerprint density at radius 3 is 2.18 bits per heavy atom. The molecule has 1 unspecified atom stereocenters. The number of phenols is 1. The normalized spacial score (nSPS) is 17.2. The smallest absolute Gasteiger partial charge is 0.295 e. The fourth-order valence-corrected chi connectivity index (χ4v) is 4.92. The van der Waals surface area contributed by atoms with Gasteiger partial charge in [-0.05, 0) is 68.2 Å². The van der Waals surface area contributed by atoms with Gasteiger partial charge in [0.25, 0.3) is 11.7 Å². The Bertz CT molecular complexity index is 1230. The zero-order valence-corrected chi connectivity index (χ0v) is 24.2. The molecule has 0 radical (unpaired) electrons. The van der Waals surface area contributed by atoms with E-state index >= 15 is 0 Å². The van der Waals surface area contributed by atoms with Crippen LogP contribution in [0.2, 0.25) is 0 Å². The van der Waals surface area contributed by atoms with E-state index in [1.54, 1.807) is 31.2 Å². The Kier molecular flexibility index (Phi) is 9.67. The number of ketones is 1. The van der Waals surface area contributed by atoms with Gasteiger partial charge in [-0.2, -0.15) is 0 Å². The molecule has 0 aromatic heterocycles. The number of carbonyl (C=O) groups excluding carboxylic acids is 2. The number of Topliss-reactive ketones (excluding diaryl/α,β-unsaturated/α-hetero) is 1. The summed E-state index contributed by atoms with van der Waals surface area (Å²) in [7, 11) is 0. The first kappa shape index (κ1) is 30.0. The Balaban J connectivity index is 2.21. The molecule has 212 valence electrons. The number of rotatable bonds is 11. The number of hydrogen-bond donors (Lipinski definition) is 2. The molecule has 2 aromatic rings. The predicted molar refractivity (Wildman–Crippen MR) is 152 cm³/mol. The summed E-state index contributed by atoms with van der Waals surface area (Å²) in [4.78, 5) is 30.6. The second-order valence-electron chi connectivity index (χ2n) is 10.6. The Labute approximate surface area is 231 Å². The van der Waals surface area contributed by atoms with Crippen molar-refractivity contribution in [3.63, 3.8) is 0 Å². The molecule has 1 amide bonds. The van der Waals surface area contributed by atoms with Crippen LogP contribution in [0.3, 0.4) is 0 Å². The third-order valence-electron chi connectivity index (χ3n) is 7.05. The maximum absolute atomic E-state index is 13.5. The SMILES string of the molecule is CCOc1cc(C2/C(=C(\O)c3ccc(OCC)c(C(C)(C)C)c3)C(=O)C(=O)N2CCN(CC)CC)ccc1O. The van der Waals surface area contributed by atoms with Gasteiger partial charge in [0.1, 0.15) is 11.5 Å². The molecule has 39 heavy (non-hydrogen) atoms. The van der Waals surface area contributed by atoms with E-state index in [2.05, 4.69) is 4.90 Å². The number of aromatic hydroxyl groups is 1. The summed E-state index contributed by atoms with van der Waals surface area (Å²) < 4.78 is 11.4. The number of amides is 1. The average Bonchev–Trinajstić information content (AvgIpc) is 3.15. The third kappa shape index (κ3) is 6.38. The number of ether oxygens (including phenoxy) is 2. The minimum atomic E-state index is -0.843.